The van der Waals surface area contributed by atoms with Gasteiger partial charge in [0, 0.05) is 38.5 Å². The van der Waals surface area contributed by atoms with Gasteiger partial charge in [-0.15, -0.1) is 0 Å². The van der Waals surface area contributed by atoms with Crippen molar-refractivity contribution >= 4 is 10.0 Å². The van der Waals surface area contributed by atoms with Crippen LogP contribution < -0.4 is 0 Å². The fourth-order valence-electron chi connectivity index (χ4n) is 4.67. The SMILES string of the molecule is O=S(=O)(c1cccc(F)c1)N1CCC2(CC1)CC(Cc1nc(-c3cnccn3)no1)CCO2. The minimum absolute atomic E-state index is 0.0174. The van der Waals surface area contributed by atoms with E-state index >= 15 is 0 Å². The van der Waals surface area contributed by atoms with Crippen molar-refractivity contribution in [1.29, 1.82) is 0 Å². The van der Waals surface area contributed by atoms with E-state index in [1.54, 1.807) is 18.6 Å². The van der Waals surface area contributed by atoms with Crippen LogP contribution in [0.25, 0.3) is 11.5 Å². The summed E-state index contributed by atoms with van der Waals surface area (Å²) in [5.74, 6) is 0.686. The van der Waals surface area contributed by atoms with Gasteiger partial charge < -0.3 is 9.26 Å². The van der Waals surface area contributed by atoms with Gasteiger partial charge in [-0.05, 0) is 49.8 Å². The predicted octanol–water partition coefficient (Wildman–Crippen LogP) is 2.86. The van der Waals surface area contributed by atoms with Gasteiger partial charge in [-0.2, -0.15) is 9.29 Å². The van der Waals surface area contributed by atoms with Gasteiger partial charge in [0.1, 0.15) is 11.5 Å². The molecule has 2 fully saturated rings. The van der Waals surface area contributed by atoms with Crippen LogP contribution in [0, 0.1) is 11.7 Å². The normalized spacial score (nSPS) is 21.3. The van der Waals surface area contributed by atoms with Crippen LogP contribution in [-0.2, 0) is 21.2 Å². The van der Waals surface area contributed by atoms with E-state index in [4.69, 9.17) is 9.26 Å². The number of ether oxygens (including phenoxy) is 1. The highest BCUT2D eigenvalue weighted by molar-refractivity contribution is 7.89. The van der Waals surface area contributed by atoms with Crippen molar-refractivity contribution in [2.75, 3.05) is 19.7 Å². The van der Waals surface area contributed by atoms with Gasteiger partial charge >= 0.3 is 0 Å². The summed E-state index contributed by atoms with van der Waals surface area (Å²) in [6, 6.07) is 5.14. The first kappa shape index (κ1) is 22.1. The summed E-state index contributed by atoms with van der Waals surface area (Å²) in [6.07, 6.45) is 8.22. The minimum atomic E-state index is -3.73. The molecule has 0 bridgehead atoms. The van der Waals surface area contributed by atoms with Crippen LogP contribution in [0.1, 0.15) is 31.6 Å². The summed E-state index contributed by atoms with van der Waals surface area (Å²) in [7, 11) is -3.73. The summed E-state index contributed by atoms with van der Waals surface area (Å²) >= 11 is 0. The van der Waals surface area contributed by atoms with Crippen LogP contribution in [0.15, 0.2) is 52.3 Å². The van der Waals surface area contributed by atoms with Crippen LogP contribution in [0.2, 0.25) is 0 Å². The van der Waals surface area contributed by atoms with Gasteiger partial charge in [-0.3, -0.25) is 4.98 Å². The van der Waals surface area contributed by atoms with Crippen molar-refractivity contribution < 1.29 is 22.1 Å². The van der Waals surface area contributed by atoms with Gasteiger partial charge in [-0.25, -0.2) is 17.8 Å². The summed E-state index contributed by atoms with van der Waals surface area (Å²) < 4.78 is 52.4. The molecule has 9 nitrogen and oxygen atoms in total. The molecule has 2 aromatic heterocycles. The fourth-order valence-corrected chi connectivity index (χ4v) is 6.14. The highest BCUT2D eigenvalue weighted by Gasteiger charge is 2.43. The number of sulfonamides is 1. The molecule has 4 heterocycles. The molecule has 0 N–H and O–H groups in total. The molecular weight excluding hydrogens is 449 g/mol. The van der Waals surface area contributed by atoms with Crippen LogP contribution >= 0.6 is 0 Å². The molecule has 33 heavy (non-hydrogen) atoms. The maximum atomic E-state index is 13.5. The molecule has 1 spiro atoms. The van der Waals surface area contributed by atoms with Crippen molar-refractivity contribution in [1.82, 2.24) is 24.4 Å². The average molecular weight is 474 g/mol. The van der Waals surface area contributed by atoms with Crippen molar-refractivity contribution in [2.45, 2.75) is 42.6 Å². The standard InChI is InChI=1S/C22H24FN5O4S/c23-17-2-1-3-18(13-17)33(29,30)28-9-5-22(6-10-28)14-16(4-11-31-22)12-20-26-21(27-32-20)19-15-24-7-8-25-19/h1-3,7-8,13,15-16H,4-6,9-12,14H2. The molecular formula is C22H24FN5O4S. The summed E-state index contributed by atoms with van der Waals surface area (Å²) in [5, 5.41) is 4.01. The van der Waals surface area contributed by atoms with Crippen LogP contribution in [-0.4, -0.2) is 58.1 Å². The highest BCUT2D eigenvalue weighted by atomic mass is 32.2. The van der Waals surface area contributed by atoms with E-state index in [1.165, 1.54) is 22.5 Å². The molecule has 3 aromatic rings. The number of piperidine rings is 1. The Balaban J connectivity index is 1.22. The van der Waals surface area contributed by atoms with E-state index in [0.29, 0.717) is 62.3 Å². The minimum Gasteiger partial charge on any atom is -0.375 e. The Labute approximate surface area is 191 Å². The Morgan fingerprint density at radius 2 is 2.06 bits per heavy atom. The largest absolute Gasteiger partial charge is 0.375 e. The van der Waals surface area contributed by atoms with Crippen molar-refractivity contribution in [2.24, 2.45) is 5.92 Å². The number of benzene rings is 1. The molecule has 174 valence electrons. The molecule has 1 atom stereocenters. The quantitative estimate of drug-likeness (QED) is 0.556. The van der Waals surface area contributed by atoms with Crippen LogP contribution in [0.4, 0.5) is 4.39 Å². The van der Waals surface area contributed by atoms with E-state index in [0.717, 1.165) is 18.9 Å². The topological polar surface area (TPSA) is 111 Å². The predicted molar refractivity (Wildman–Crippen MR) is 115 cm³/mol. The lowest BCUT2D eigenvalue weighted by Gasteiger charge is -2.45. The van der Waals surface area contributed by atoms with E-state index in [1.807, 2.05) is 0 Å². The number of hydrogen-bond acceptors (Lipinski definition) is 8. The first-order valence-electron chi connectivity index (χ1n) is 10.9. The Kier molecular flexibility index (Phi) is 5.94. The van der Waals surface area contributed by atoms with Crippen molar-refractivity contribution in [3.63, 3.8) is 0 Å². The number of rotatable bonds is 5. The molecule has 0 aliphatic carbocycles. The van der Waals surface area contributed by atoms with Gasteiger partial charge in [0.05, 0.1) is 16.7 Å². The molecule has 5 rings (SSSR count). The zero-order valence-electron chi connectivity index (χ0n) is 17.9. The lowest BCUT2D eigenvalue weighted by Crippen LogP contribution is -2.50. The third-order valence-electron chi connectivity index (χ3n) is 6.39. The molecule has 2 saturated heterocycles. The Hall–Kier alpha value is -2.76. The Morgan fingerprint density at radius 3 is 2.82 bits per heavy atom. The maximum absolute atomic E-state index is 13.5. The summed E-state index contributed by atoms with van der Waals surface area (Å²) in [5.41, 5.74) is 0.188. The lowest BCUT2D eigenvalue weighted by molar-refractivity contribution is -0.121. The second-order valence-electron chi connectivity index (χ2n) is 8.56. The van der Waals surface area contributed by atoms with Crippen molar-refractivity contribution in [3.05, 3.63) is 54.6 Å². The van der Waals surface area contributed by atoms with Gasteiger partial charge in [0.25, 0.3) is 0 Å². The van der Waals surface area contributed by atoms with E-state index in [-0.39, 0.29) is 10.5 Å². The molecule has 2 aliphatic rings. The molecule has 0 radical (unpaired) electrons. The first-order chi connectivity index (χ1) is 15.9. The number of aromatic nitrogens is 4. The molecule has 0 amide bonds. The third kappa shape index (κ3) is 4.66. The molecule has 1 unspecified atom stereocenters. The Bertz CT molecular complexity index is 1210. The van der Waals surface area contributed by atoms with Crippen LogP contribution in [0.5, 0.6) is 0 Å². The summed E-state index contributed by atoms with van der Waals surface area (Å²) in [4.78, 5) is 12.6. The van der Waals surface area contributed by atoms with E-state index < -0.39 is 15.8 Å². The number of nitrogens with zero attached hydrogens (tertiary/aromatic N) is 5. The van der Waals surface area contributed by atoms with Crippen molar-refractivity contribution in [3.8, 4) is 11.5 Å². The molecule has 11 heteroatoms. The third-order valence-corrected chi connectivity index (χ3v) is 8.28. The van der Waals surface area contributed by atoms with Crippen LogP contribution in [0.3, 0.4) is 0 Å². The molecule has 0 saturated carbocycles. The van der Waals surface area contributed by atoms with E-state index in [9.17, 15) is 12.8 Å². The number of hydrogen-bond donors (Lipinski definition) is 0. The average Bonchev–Trinajstić information content (AvgIpc) is 3.28. The molecule has 2 aliphatic heterocycles. The lowest BCUT2D eigenvalue weighted by atomic mass is 9.79. The zero-order valence-corrected chi connectivity index (χ0v) is 18.7. The monoisotopic (exact) mass is 473 g/mol. The maximum Gasteiger partial charge on any atom is 0.243 e. The fraction of sp³-hybridized carbons (Fsp3) is 0.455. The molecule has 1 aromatic carbocycles. The zero-order chi connectivity index (χ0) is 22.9. The smallest absolute Gasteiger partial charge is 0.243 e. The first-order valence-corrected chi connectivity index (χ1v) is 12.4. The number of halogens is 1. The van der Waals surface area contributed by atoms with Gasteiger partial charge in [-0.1, -0.05) is 11.2 Å². The summed E-state index contributed by atoms with van der Waals surface area (Å²) in [6.45, 7) is 1.28. The second kappa shape index (κ2) is 8.88. The van der Waals surface area contributed by atoms with Gasteiger partial charge in [0.2, 0.25) is 21.7 Å². The Morgan fingerprint density at radius 1 is 1.21 bits per heavy atom. The van der Waals surface area contributed by atoms with Gasteiger partial charge in [0.15, 0.2) is 0 Å². The highest BCUT2D eigenvalue weighted by Crippen LogP contribution is 2.39. The van der Waals surface area contributed by atoms with E-state index in [2.05, 4.69) is 20.1 Å². The second-order valence-corrected chi connectivity index (χ2v) is 10.5.